The van der Waals surface area contributed by atoms with Gasteiger partial charge in [0.05, 0.1) is 11.3 Å². The highest BCUT2D eigenvalue weighted by molar-refractivity contribution is 7.90. The molecule has 0 saturated carbocycles. The molecule has 9 heteroatoms. The molecule has 3 heterocycles. The third kappa shape index (κ3) is 5.06. The van der Waals surface area contributed by atoms with Crippen molar-refractivity contribution in [3.8, 4) is 11.3 Å². The van der Waals surface area contributed by atoms with Gasteiger partial charge in [0, 0.05) is 23.8 Å². The highest BCUT2D eigenvalue weighted by Gasteiger charge is 2.39. The summed E-state index contributed by atoms with van der Waals surface area (Å²) in [5, 5.41) is 0. The number of rotatable bonds is 6. The van der Waals surface area contributed by atoms with E-state index in [1.54, 1.807) is 12.1 Å². The number of nitrogens with zero attached hydrogens (tertiary/aromatic N) is 3. The number of carbonyl (C=O) groups excluding carboxylic acids is 1. The van der Waals surface area contributed by atoms with Crippen LogP contribution in [0.25, 0.3) is 11.3 Å². The van der Waals surface area contributed by atoms with Crippen molar-refractivity contribution in [3.63, 3.8) is 0 Å². The zero-order valence-corrected chi connectivity index (χ0v) is 22.1. The van der Waals surface area contributed by atoms with Crippen LogP contribution in [0.4, 0.5) is 11.6 Å². The smallest absolute Gasteiger partial charge is 0.268 e. The summed E-state index contributed by atoms with van der Waals surface area (Å²) in [6.07, 6.45) is 2.31. The fraction of sp³-hybridized carbons (Fsp3) is 0.370. The van der Waals surface area contributed by atoms with Gasteiger partial charge in [-0.05, 0) is 68.0 Å². The third-order valence-corrected chi connectivity index (χ3v) is 7.99. The maximum Gasteiger partial charge on any atom is 0.268 e. The topological polar surface area (TPSA) is 118 Å². The highest BCUT2D eigenvalue weighted by atomic mass is 32.2. The van der Waals surface area contributed by atoms with Crippen LogP contribution < -0.4 is 15.4 Å². The van der Waals surface area contributed by atoms with E-state index >= 15 is 0 Å². The van der Waals surface area contributed by atoms with Crippen molar-refractivity contribution in [2.45, 2.75) is 57.4 Å². The Morgan fingerprint density at radius 1 is 1.17 bits per heavy atom. The maximum atomic E-state index is 13.4. The van der Waals surface area contributed by atoms with Crippen LogP contribution in [0.2, 0.25) is 0 Å². The molecule has 36 heavy (non-hydrogen) atoms. The maximum absolute atomic E-state index is 13.4. The summed E-state index contributed by atoms with van der Waals surface area (Å²) in [5.74, 6) is 0.274. The Bertz CT molecular complexity index is 1400. The summed E-state index contributed by atoms with van der Waals surface area (Å²) in [6, 6.07) is 14.3. The molecule has 0 unspecified atom stereocenters. The highest BCUT2D eigenvalue weighted by Crippen LogP contribution is 2.38. The van der Waals surface area contributed by atoms with Gasteiger partial charge in [0.15, 0.2) is 0 Å². The van der Waals surface area contributed by atoms with Crippen LogP contribution in [0.15, 0.2) is 59.6 Å². The van der Waals surface area contributed by atoms with E-state index in [0.717, 1.165) is 17.7 Å². The third-order valence-electron chi connectivity index (χ3n) is 6.61. The standard InChI is InChI=1S/C27H33N5O3S/c1-17(2)19-8-6-9-20(14-19)22-12-11-21(25(30-22)32-16-18(3)15-27(32,4)5)26(33)31-36(34,35)23-10-7-13-29-24(23)28/h6-14,17-18H,15-16H2,1-5H3,(H2,28,29)(H,31,33)/t18-/m0/s1. The number of nitrogens with two attached hydrogens (primary N) is 1. The number of anilines is 2. The molecular weight excluding hydrogens is 474 g/mol. The molecule has 4 rings (SSSR count). The average molecular weight is 508 g/mol. The molecule has 1 fully saturated rings. The first-order chi connectivity index (χ1) is 16.9. The van der Waals surface area contributed by atoms with Crippen molar-refractivity contribution in [2.75, 3.05) is 17.2 Å². The summed E-state index contributed by atoms with van der Waals surface area (Å²) in [6.45, 7) is 11.4. The number of sulfonamides is 1. The predicted molar refractivity (Wildman–Crippen MR) is 142 cm³/mol. The number of amides is 1. The molecule has 1 saturated heterocycles. The lowest BCUT2D eigenvalue weighted by molar-refractivity contribution is 0.0981. The molecule has 0 radical (unpaired) electrons. The second-order valence-corrected chi connectivity index (χ2v) is 12.1. The molecule has 1 atom stereocenters. The van der Waals surface area contributed by atoms with E-state index in [4.69, 9.17) is 10.7 Å². The Morgan fingerprint density at radius 2 is 1.92 bits per heavy atom. The van der Waals surface area contributed by atoms with E-state index in [2.05, 4.69) is 61.4 Å². The molecule has 1 aliphatic heterocycles. The van der Waals surface area contributed by atoms with E-state index in [1.807, 2.05) is 12.1 Å². The summed E-state index contributed by atoms with van der Waals surface area (Å²) in [5.41, 5.74) is 8.54. The summed E-state index contributed by atoms with van der Waals surface area (Å²) in [4.78, 5) is 24.0. The van der Waals surface area contributed by atoms with Crippen LogP contribution in [0.1, 0.15) is 62.9 Å². The molecule has 2 aromatic heterocycles. The van der Waals surface area contributed by atoms with Gasteiger partial charge in [-0.1, -0.05) is 39.0 Å². The number of hydrogen-bond acceptors (Lipinski definition) is 7. The van der Waals surface area contributed by atoms with Crippen LogP contribution in [0, 0.1) is 5.92 Å². The molecule has 1 amide bonds. The minimum absolute atomic E-state index is 0.175. The predicted octanol–water partition coefficient (Wildman–Crippen LogP) is 4.59. The summed E-state index contributed by atoms with van der Waals surface area (Å²) in [7, 11) is -4.23. The molecule has 1 aliphatic rings. The Hall–Kier alpha value is -3.46. The fourth-order valence-corrected chi connectivity index (χ4v) is 5.92. The summed E-state index contributed by atoms with van der Waals surface area (Å²) < 4.78 is 28.1. The van der Waals surface area contributed by atoms with Gasteiger partial charge in [-0.2, -0.15) is 0 Å². The van der Waals surface area contributed by atoms with Crippen LogP contribution in [0.3, 0.4) is 0 Å². The second kappa shape index (κ2) is 9.54. The number of benzene rings is 1. The number of nitrogen functional groups attached to an aromatic ring is 1. The quantitative estimate of drug-likeness (QED) is 0.501. The minimum Gasteiger partial charge on any atom is -0.383 e. The van der Waals surface area contributed by atoms with E-state index in [9.17, 15) is 13.2 Å². The van der Waals surface area contributed by atoms with Gasteiger partial charge in [0.2, 0.25) is 0 Å². The Morgan fingerprint density at radius 3 is 2.56 bits per heavy atom. The van der Waals surface area contributed by atoms with E-state index in [0.29, 0.717) is 24.2 Å². The first-order valence-electron chi connectivity index (χ1n) is 12.1. The van der Waals surface area contributed by atoms with Gasteiger partial charge >= 0.3 is 0 Å². The van der Waals surface area contributed by atoms with Crippen molar-refractivity contribution in [1.29, 1.82) is 0 Å². The molecule has 0 aliphatic carbocycles. The van der Waals surface area contributed by atoms with Gasteiger partial charge < -0.3 is 10.6 Å². The molecule has 8 nitrogen and oxygen atoms in total. The van der Waals surface area contributed by atoms with Crippen molar-refractivity contribution < 1.29 is 13.2 Å². The van der Waals surface area contributed by atoms with Crippen LogP contribution >= 0.6 is 0 Å². The average Bonchev–Trinajstić information content (AvgIpc) is 3.10. The van der Waals surface area contributed by atoms with Crippen LogP contribution in [-0.4, -0.2) is 36.4 Å². The van der Waals surface area contributed by atoms with Crippen LogP contribution in [-0.2, 0) is 10.0 Å². The normalized spacial score (nSPS) is 17.4. The lowest BCUT2D eigenvalue weighted by atomic mass is 9.97. The molecule has 3 N–H and O–H groups in total. The lowest BCUT2D eigenvalue weighted by Crippen LogP contribution is -2.41. The molecule has 0 bridgehead atoms. The Kier molecular flexibility index (Phi) is 6.79. The zero-order chi connectivity index (χ0) is 26.3. The first kappa shape index (κ1) is 25.6. The number of aromatic nitrogens is 2. The number of hydrogen-bond donors (Lipinski definition) is 2. The fourth-order valence-electron chi connectivity index (χ4n) is 4.87. The van der Waals surface area contributed by atoms with Gasteiger partial charge in [-0.3, -0.25) is 4.79 Å². The molecule has 0 spiro atoms. The number of pyridine rings is 2. The van der Waals surface area contributed by atoms with E-state index < -0.39 is 15.9 Å². The number of carbonyl (C=O) groups is 1. The SMILES string of the molecule is CC(C)c1cccc(-c2ccc(C(=O)NS(=O)(=O)c3cccnc3N)c(N3C[C@@H](C)CC3(C)C)n2)c1. The second-order valence-electron chi connectivity index (χ2n) is 10.4. The van der Waals surface area contributed by atoms with Gasteiger partial charge in [-0.25, -0.2) is 23.1 Å². The minimum atomic E-state index is -4.23. The van der Waals surface area contributed by atoms with Crippen molar-refractivity contribution in [3.05, 3.63) is 65.9 Å². The van der Waals surface area contributed by atoms with Gasteiger partial charge in [-0.15, -0.1) is 0 Å². The number of nitrogens with one attached hydrogen (secondary N) is 1. The molecule has 190 valence electrons. The Balaban J connectivity index is 1.79. The van der Waals surface area contributed by atoms with Gasteiger partial charge in [0.1, 0.15) is 16.5 Å². The van der Waals surface area contributed by atoms with Crippen molar-refractivity contribution >= 4 is 27.6 Å². The largest absolute Gasteiger partial charge is 0.383 e. The zero-order valence-electron chi connectivity index (χ0n) is 21.3. The van der Waals surface area contributed by atoms with Crippen LogP contribution in [0.5, 0.6) is 0 Å². The van der Waals surface area contributed by atoms with E-state index in [1.165, 1.54) is 23.9 Å². The van der Waals surface area contributed by atoms with Crippen molar-refractivity contribution in [1.82, 2.24) is 14.7 Å². The molecular formula is C27H33N5O3S. The summed E-state index contributed by atoms with van der Waals surface area (Å²) >= 11 is 0. The first-order valence-corrected chi connectivity index (χ1v) is 13.5. The van der Waals surface area contributed by atoms with E-state index in [-0.39, 0.29) is 21.8 Å². The Labute approximate surface area is 213 Å². The van der Waals surface area contributed by atoms with Gasteiger partial charge in [0.25, 0.3) is 15.9 Å². The lowest BCUT2D eigenvalue weighted by Gasteiger charge is -2.34. The molecule has 1 aromatic carbocycles. The van der Waals surface area contributed by atoms with Crippen molar-refractivity contribution in [2.24, 2.45) is 5.92 Å². The molecule has 3 aromatic rings. The monoisotopic (exact) mass is 507 g/mol.